The van der Waals surface area contributed by atoms with E-state index in [1.165, 1.54) is 0 Å². The lowest BCUT2D eigenvalue weighted by molar-refractivity contribution is -0.136. The number of aliphatic hydroxyl groups is 1. The van der Waals surface area contributed by atoms with E-state index in [0.717, 1.165) is 19.3 Å². The van der Waals surface area contributed by atoms with E-state index in [1.54, 1.807) is 6.08 Å². The van der Waals surface area contributed by atoms with Crippen molar-refractivity contribution in [3.63, 3.8) is 0 Å². The van der Waals surface area contributed by atoms with Crippen LogP contribution >= 0.6 is 12.6 Å². The van der Waals surface area contributed by atoms with Crippen molar-refractivity contribution in [1.82, 2.24) is 0 Å². The molecule has 0 heterocycles. The SMILES string of the molecule is O=C(O)CC/C=C/C/C=C/C/C=C/C/C=C/C=C/C(O)C/C=C/CS. The summed E-state index contributed by atoms with van der Waals surface area (Å²) in [4.78, 5) is 10.3. The van der Waals surface area contributed by atoms with Crippen LogP contribution in [0.5, 0.6) is 0 Å². The normalized spacial score (nSPS) is 14.3. The molecule has 0 aromatic rings. The monoisotopic (exact) mass is 362 g/mol. The first-order valence-corrected chi connectivity index (χ1v) is 9.24. The third-order valence-electron chi connectivity index (χ3n) is 3.07. The van der Waals surface area contributed by atoms with E-state index in [1.807, 2.05) is 42.5 Å². The molecule has 2 N–H and O–H groups in total. The summed E-state index contributed by atoms with van der Waals surface area (Å²) in [6.45, 7) is 0. The van der Waals surface area contributed by atoms with E-state index in [0.29, 0.717) is 18.6 Å². The minimum Gasteiger partial charge on any atom is -0.481 e. The first kappa shape index (κ1) is 23.2. The molecule has 25 heavy (non-hydrogen) atoms. The number of allylic oxidation sites excluding steroid dienone is 9. The maximum Gasteiger partial charge on any atom is 0.303 e. The van der Waals surface area contributed by atoms with Crippen LogP contribution in [-0.2, 0) is 4.79 Å². The lowest BCUT2D eigenvalue weighted by Gasteiger charge is -1.98. The van der Waals surface area contributed by atoms with Gasteiger partial charge in [-0.15, -0.1) is 0 Å². The Morgan fingerprint density at radius 3 is 2.04 bits per heavy atom. The Morgan fingerprint density at radius 2 is 1.44 bits per heavy atom. The highest BCUT2D eigenvalue weighted by Gasteiger charge is 1.92. The molecule has 0 rings (SSSR count). The van der Waals surface area contributed by atoms with Crippen molar-refractivity contribution >= 4 is 18.6 Å². The molecular formula is C21H30O3S. The molecule has 4 heteroatoms. The average molecular weight is 363 g/mol. The number of hydrogen-bond donors (Lipinski definition) is 3. The van der Waals surface area contributed by atoms with Crippen LogP contribution in [0.25, 0.3) is 0 Å². The van der Waals surface area contributed by atoms with Crippen molar-refractivity contribution in [1.29, 1.82) is 0 Å². The fraction of sp³-hybridized carbons (Fsp3) is 0.381. The quantitative estimate of drug-likeness (QED) is 0.230. The molecule has 0 fully saturated rings. The molecule has 0 spiro atoms. The predicted octanol–water partition coefficient (Wildman–Crippen LogP) is 5.04. The van der Waals surface area contributed by atoms with Crippen LogP contribution in [-0.4, -0.2) is 28.0 Å². The van der Waals surface area contributed by atoms with E-state index >= 15 is 0 Å². The van der Waals surface area contributed by atoms with Crippen LogP contribution < -0.4 is 0 Å². The number of thiol groups is 1. The maximum atomic E-state index is 10.3. The highest BCUT2D eigenvalue weighted by Crippen LogP contribution is 1.98. The topological polar surface area (TPSA) is 57.5 Å². The number of aliphatic hydroxyl groups excluding tert-OH is 1. The van der Waals surface area contributed by atoms with Gasteiger partial charge in [-0.25, -0.2) is 0 Å². The molecule has 1 unspecified atom stereocenters. The first-order chi connectivity index (χ1) is 12.2. The Morgan fingerprint density at radius 1 is 0.840 bits per heavy atom. The molecule has 0 bridgehead atoms. The van der Waals surface area contributed by atoms with Crippen molar-refractivity contribution in [3.8, 4) is 0 Å². The van der Waals surface area contributed by atoms with E-state index in [-0.39, 0.29) is 6.42 Å². The van der Waals surface area contributed by atoms with Crippen LogP contribution in [0.2, 0.25) is 0 Å². The van der Waals surface area contributed by atoms with Crippen LogP contribution in [0.4, 0.5) is 0 Å². The summed E-state index contributed by atoms with van der Waals surface area (Å²) in [6.07, 6.45) is 27.3. The maximum absolute atomic E-state index is 10.3. The summed E-state index contributed by atoms with van der Waals surface area (Å²) in [7, 11) is 0. The van der Waals surface area contributed by atoms with E-state index in [9.17, 15) is 9.90 Å². The lowest BCUT2D eigenvalue weighted by atomic mass is 10.2. The summed E-state index contributed by atoms with van der Waals surface area (Å²) in [5, 5.41) is 18.1. The number of carboxylic acid groups (broad SMARTS) is 1. The zero-order valence-corrected chi connectivity index (χ0v) is 15.6. The van der Waals surface area contributed by atoms with Gasteiger partial charge in [-0.2, -0.15) is 12.6 Å². The number of hydrogen-bond acceptors (Lipinski definition) is 3. The highest BCUT2D eigenvalue weighted by atomic mass is 32.1. The molecule has 0 amide bonds. The van der Waals surface area contributed by atoms with Gasteiger partial charge in [0.1, 0.15) is 0 Å². The Hall–Kier alpha value is -1.78. The fourth-order valence-corrected chi connectivity index (χ4v) is 1.93. The lowest BCUT2D eigenvalue weighted by Crippen LogP contribution is -1.98. The molecule has 1 atom stereocenters. The molecule has 0 saturated carbocycles. The van der Waals surface area contributed by atoms with Crippen molar-refractivity contribution in [2.24, 2.45) is 0 Å². The van der Waals surface area contributed by atoms with E-state index in [2.05, 4.69) is 36.9 Å². The fourth-order valence-electron chi connectivity index (χ4n) is 1.78. The Kier molecular flexibility index (Phi) is 17.2. The Labute approximate surface area is 157 Å². The Bertz CT molecular complexity index is 499. The van der Waals surface area contributed by atoms with Crippen molar-refractivity contribution < 1.29 is 15.0 Å². The third kappa shape index (κ3) is 20.2. The highest BCUT2D eigenvalue weighted by molar-refractivity contribution is 7.80. The zero-order valence-electron chi connectivity index (χ0n) is 14.7. The van der Waals surface area contributed by atoms with Gasteiger partial charge in [-0.3, -0.25) is 4.79 Å². The molecule has 0 aliphatic rings. The van der Waals surface area contributed by atoms with Gasteiger partial charge >= 0.3 is 5.97 Å². The molecule has 0 aliphatic heterocycles. The summed E-state index contributed by atoms with van der Waals surface area (Å²) >= 11 is 4.06. The average Bonchev–Trinajstić information content (AvgIpc) is 2.58. The second-order valence-electron chi connectivity index (χ2n) is 5.32. The van der Waals surface area contributed by atoms with Gasteiger partial charge < -0.3 is 10.2 Å². The van der Waals surface area contributed by atoms with Crippen LogP contribution in [0.1, 0.15) is 38.5 Å². The molecule has 138 valence electrons. The van der Waals surface area contributed by atoms with Gasteiger partial charge in [0.25, 0.3) is 0 Å². The molecular weight excluding hydrogens is 332 g/mol. The second kappa shape index (κ2) is 18.6. The molecule has 0 aromatic carbocycles. The third-order valence-corrected chi connectivity index (χ3v) is 3.28. The van der Waals surface area contributed by atoms with Gasteiger partial charge in [-0.1, -0.05) is 72.9 Å². The van der Waals surface area contributed by atoms with Gasteiger partial charge in [0.2, 0.25) is 0 Å². The summed E-state index contributed by atoms with van der Waals surface area (Å²) in [5.74, 6) is -0.0612. The zero-order chi connectivity index (χ0) is 18.6. The number of carboxylic acids is 1. The van der Waals surface area contributed by atoms with Gasteiger partial charge in [0.05, 0.1) is 6.10 Å². The molecule has 0 radical (unpaired) electrons. The standard InChI is InChI=1S/C21H30O3S/c22-20(17-14-15-19-25)16-12-10-8-6-4-2-1-3-5-7-9-11-13-18-21(23)24/h2-5,8-12,14-16,20,22,25H,1,6-7,13,17-19H2,(H,23,24)/b4-2+,5-3+,10-8+,11-9+,15-14+,16-12+. The summed E-state index contributed by atoms with van der Waals surface area (Å²) < 4.78 is 0. The summed E-state index contributed by atoms with van der Waals surface area (Å²) in [6, 6.07) is 0. The minimum absolute atomic E-state index is 0.192. The van der Waals surface area contributed by atoms with Gasteiger partial charge in [0.15, 0.2) is 0 Å². The molecule has 0 saturated heterocycles. The first-order valence-electron chi connectivity index (χ1n) is 8.60. The van der Waals surface area contributed by atoms with Crippen LogP contribution in [0.3, 0.4) is 0 Å². The van der Waals surface area contributed by atoms with E-state index < -0.39 is 12.1 Å². The summed E-state index contributed by atoms with van der Waals surface area (Å²) in [5.41, 5.74) is 0. The van der Waals surface area contributed by atoms with Crippen LogP contribution in [0, 0.1) is 0 Å². The van der Waals surface area contributed by atoms with Crippen molar-refractivity contribution in [2.45, 2.75) is 44.6 Å². The number of carbonyl (C=O) groups is 1. The van der Waals surface area contributed by atoms with Crippen molar-refractivity contribution in [2.75, 3.05) is 5.75 Å². The van der Waals surface area contributed by atoms with Crippen molar-refractivity contribution in [3.05, 3.63) is 72.9 Å². The predicted molar refractivity (Wildman–Crippen MR) is 110 cm³/mol. The van der Waals surface area contributed by atoms with Crippen LogP contribution in [0.15, 0.2) is 72.9 Å². The molecule has 0 aliphatic carbocycles. The van der Waals surface area contributed by atoms with E-state index in [4.69, 9.17) is 5.11 Å². The second-order valence-corrected chi connectivity index (χ2v) is 5.69. The smallest absolute Gasteiger partial charge is 0.303 e. The molecule has 0 aromatic heterocycles. The molecule has 3 nitrogen and oxygen atoms in total. The minimum atomic E-state index is -0.757. The Balaban J connectivity index is 3.66. The largest absolute Gasteiger partial charge is 0.481 e. The number of rotatable bonds is 14. The van der Waals surface area contributed by atoms with Gasteiger partial charge in [0, 0.05) is 12.2 Å². The van der Waals surface area contributed by atoms with Gasteiger partial charge in [-0.05, 0) is 32.1 Å². The number of aliphatic carboxylic acids is 1.